The van der Waals surface area contributed by atoms with Gasteiger partial charge in [0.1, 0.15) is 0 Å². The Hall–Kier alpha value is -0.280. The molecule has 4 heteroatoms. The number of benzene rings is 1. The second kappa shape index (κ2) is 8.82. The van der Waals surface area contributed by atoms with Gasteiger partial charge >= 0.3 is 0 Å². The van der Waals surface area contributed by atoms with E-state index in [1.54, 1.807) is 0 Å². The van der Waals surface area contributed by atoms with Gasteiger partial charge in [-0.2, -0.15) is 0 Å². The van der Waals surface area contributed by atoms with Crippen LogP contribution in [-0.4, -0.2) is 25.0 Å². The third-order valence-electron chi connectivity index (χ3n) is 2.08. The topological polar surface area (TPSA) is 18.5 Å². The molecule has 0 fully saturated rings. The monoisotopic (exact) mass is 262 g/mol. The van der Waals surface area contributed by atoms with Crippen molar-refractivity contribution in [1.82, 2.24) is 0 Å². The van der Waals surface area contributed by atoms with Gasteiger partial charge in [0.15, 0.2) is 0 Å². The zero-order chi connectivity index (χ0) is 11.6. The molecule has 16 heavy (non-hydrogen) atoms. The molecule has 0 aliphatic rings. The summed E-state index contributed by atoms with van der Waals surface area (Å²) in [5, 5.41) is 0. The van der Waals surface area contributed by atoms with Crippen molar-refractivity contribution in [3.8, 4) is 0 Å². The second-order valence-corrected chi connectivity index (χ2v) is 4.01. The fourth-order valence-electron chi connectivity index (χ4n) is 1.31. The zero-order valence-corrected chi connectivity index (χ0v) is 10.6. The number of alkyl halides is 2. The fourth-order valence-corrected chi connectivity index (χ4v) is 1.53. The molecule has 0 N–H and O–H groups in total. The van der Waals surface area contributed by atoms with Gasteiger partial charge in [-0.25, -0.2) is 0 Å². The van der Waals surface area contributed by atoms with Crippen LogP contribution in [0, 0.1) is 0 Å². The summed E-state index contributed by atoms with van der Waals surface area (Å²) in [5.74, 6) is 1.04. The smallest absolute Gasteiger partial charge is 0.0720 e. The molecule has 1 aromatic carbocycles. The van der Waals surface area contributed by atoms with Crippen LogP contribution in [0.1, 0.15) is 11.1 Å². The molecule has 1 rings (SSSR count). The Balaban J connectivity index is 2.46. The average Bonchev–Trinajstić information content (AvgIpc) is 2.32. The lowest BCUT2D eigenvalue weighted by Crippen LogP contribution is -2.03. The highest BCUT2D eigenvalue weighted by Gasteiger charge is 2.01. The van der Waals surface area contributed by atoms with E-state index in [4.69, 9.17) is 32.7 Å². The van der Waals surface area contributed by atoms with Crippen LogP contribution in [0.5, 0.6) is 0 Å². The molecule has 2 nitrogen and oxygen atoms in total. The summed E-state index contributed by atoms with van der Waals surface area (Å²) in [5.41, 5.74) is 2.28. The highest BCUT2D eigenvalue weighted by molar-refractivity contribution is 6.18. The maximum atomic E-state index is 5.55. The van der Waals surface area contributed by atoms with Gasteiger partial charge in [-0.1, -0.05) is 24.3 Å². The third kappa shape index (κ3) is 5.17. The zero-order valence-electron chi connectivity index (χ0n) is 9.12. The Bertz CT molecular complexity index is 263. The lowest BCUT2D eigenvalue weighted by Gasteiger charge is -2.09. The van der Waals surface area contributed by atoms with E-state index in [1.165, 1.54) is 0 Å². The lowest BCUT2D eigenvalue weighted by atomic mass is 10.1. The Labute approximate surface area is 106 Å². The van der Waals surface area contributed by atoms with E-state index in [0.717, 1.165) is 11.1 Å². The average molecular weight is 263 g/mol. The summed E-state index contributed by atoms with van der Waals surface area (Å²) in [6.45, 7) is 2.29. The first-order valence-corrected chi connectivity index (χ1v) is 6.29. The van der Waals surface area contributed by atoms with Gasteiger partial charge in [0.25, 0.3) is 0 Å². The van der Waals surface area contributed by atoms with Crippen LogP contribution >= 0.6 is 23.2 Å². The highest BCUT2D eigenvalue weighted by atomic mass is 35.5. The number of hydrogen-bond donors (Lipinski definition) is 0. The molecule has 0 bridgehead atoms. The van der Waals surface area contributed by atoms with Crippen molar-refractivity contribution < 1.29 is 9.47 Å². The van der Waals surface area contributed by atoms with Crippen molar-refractivity contribution in [1.29, 1.82) is 0 Å². The standard InChI is InChI=1S/C12H16Cl2O2/c13-5-7-15-9-11-3-1-2-4-12(11)10-16-8-6-14/h1-4H,5-10H2. The van der Waals surface area contributed by atoms with E-state index >= 15 is 0 Å². The molecule has 0 saturated carbocycles. The van der Waals surface area contributed by atoms with Crippen LogP contribution in [0.3, 0.4) is 0 Å². The van der Waals surface area contributed by atoms with Crippen LogP contribution in [0.15, 0.2) is 24.3 Å². The maximum Gasteiger partial charge on any atom is 0.0720 e. The van der Waals surface area contributed by atoms with Gasteiger partial charge in [-0.05, 0) is 11.1 Å². The Morgan fingerprint density at radius 3 is 1.62 bits per heavy atom. The molecule has 0 saturated heterocycles. The first kappa shape index (κ1) is 13.8. The van der Waals surface area contributed by atoms with Crippen molar-refractivity contribution in [2.45, 2.75) is 13.2 Å². The fraction of sp³-hybridized carbons (Fsp3) is 0.500. The van der Waals surface area contributed by atoms with Crippen molar-refractivity contribution in [2.75, 3.05) is 25.0 Å². The number of hydrogen-bond acceptors (Lipinski definition) is 2. The van der Waals surface area contributed by atoms with E-state index in [9.17, 15) is 0 Å². The van der Waals surface area contributed by atoms with Crippen molar-refractivity contribution in [2.24, 2.45) is 0 Å². The Morgan fingerprint density at radius 1 is 0.812 bits per heavy atom. The quantitative estimate of drug-likeness (QED) is 0.529. The summed E-state index contributed by atoms with van der Waals surface area (Å²) >= 11 is 11.1. The minimum absolute atomic E-state index is 0.519. The molecule has 0 amide bonds. The summed E-state index contributed by atoms with van der Waals surface area (Å²) in [4.78, 5) is 0. The lowest BCUT2D eigenvalue weighted by molar-refractivity contribution is 0.121. The van der Waals surface area contributed by atoms with Crippen LogP contribution in [0.2, 0.25) is 0 Å². The molecule has 90 valence electrons. The van der Waals surface area contributed by atoms with E-state index in [1.807, 2.05) is 24.3 Å². The SMILES string of the molecule is ClCCOCc1ccccc1COCCCl. The molecule has 0 aliphatic carbocycles. The normalized spacial score (nSPS) is 10.6. The number of ether oxygens (including phenoxy) is 2. The van der Waals surface area contributed by atoms with E-state index < -0.39 is 0 Å². The van der Waals surface area contributed by atoms with Crippen molar-refractivity contribution >= 4 is 23.2 Å². The maximum absolute atomic E-state index is 5.55. The van der Waals surface area contributed by atoms with Gasteiger partial charge in [0.05, 0.1) is 26.4 Å². The molecule has 0 spiro atoms. The third-order valence-corrected chi connectivity index (χ3v) is 2.39. The van der Waals surface area contributed by atoms with Crippen LogP contribution in [-0.2, 0) is 22.7 Å². The number of halogens is 2. The summed E-state index contributed by atoms with van der Waals surface area (Å²) in [7, 11) is 0. The van der Waals surface area contributed by atoms with E-state index in [0.29, 0.717) is 38.2 Å². The molecular formula is C12H16Cl2O2. The summed E-state index contributed by atoms with van der Waals surface area (Å²) < 4.78 is 10.8. The predicted molar refractivity (Wildman–Crippen MR) is 67.2 cm³/mol. The van der Waals surface area contributed by atoms with Gasteiger partial charge in [0.2, 0.25) is 0 Å². The molecule has 0 radical (unpaired) electrons. The Kier molecular flexibility index (Phi) is 7.60. The molecular weight excluding hydrogens is 247 g/mol. The summed E-state index contributed by atoms with van der Waals surface area (Å²) in [6.07, 6.45) is 0. The Morgan fingerprint density at radius 2 is 1.25 bits per heavy atom. The van der Waals surface area contributed by atoms with Crippen molar-refractivity contribution in [3.63, 3.8) is 0 Å². The molecule has 0 unspecified atom stereocenters. The molecule has 0 heterocycles. The van der Waals surface area contributed by atoms with Crippen LogP contribution in [0.25, 0.3) is 0 Å². The van der Waals surface area contributed by atoms with Crippen molar-refractivity contribution in [3.05, 3.63) is 35.4 Å². The molecule has 1 aromatic rings. The van der Waals surface area contributed by atoms with Gasteiger partial charge in [0, 0.05) is 11.8 Å². The van der Waals surface area contributed by atoms with Gasteiger partial charge in [-0.15, -0.1) is 23.2 Å². The van der Waals surface area contributed by atoms with Crippen LogP contribution in [0.4, 0.5) is 0 Å². The van der Waals surface area contributed by atoms with Crippen LogP contribution < -0.4 is 0 Å². The predicted octanol–water partition coefficient (Wildman–Crippen LogP) is 3.20. The van der Waals surface area contributed by atoms with Gasteiger partial charge in [-0.3, -0.25) is 0 Å². The molecule has 0 atom stereocenters. The number of rotatable bonds is 8. The first-order chi connectivity index (χ1) is 7.88. The molecule has 0 aliphatic heterocycles. The largest absolute Gasteiger partial charge is 0.376 e. The molecule has 0 aromatic heterocycles. The first-order valence-electron chi connectivity index (χ1n) is 5.22. The van der Waals surface area contributed by atoms with E-state index in [-0.39, 0.29) is 0 Å². The summed E-state index contributed by atoms with van der Waals surface area (Å²) in [6, 6.07) is 8.05. The van der Waals surface area contributed by atoms with E-state index in [2.05, 4.69) is 0 Å². The minimum Gasteiger partial charge on any atom is -0.376 e. The van der Waals surface area contributed by atoms with Gasteiger partial charge < -0.3 is 9.47 Å². The second-order valence-electron chi connectivity index (χ2n) is 3.25. The minimum atomic E-state index is 0.519. The highest BCUT2D eigenvalue weighted by Crippen LogP contribution is 2.11.